The van der Waals surface area contributed by atoms with Crippen molar-refractivity contribution in [3.05, 3.63) is 64.2 Å². The number of halogens is 1. The standard InChI is InChI=1S/C26H31ClN2O5/c1-5-28(6-2)14-7-15-29-23(20-16-19(33-3)12-13-21(20)34-4)22(25(31)26(29)32)24(30)17-8-10-18(27)11-9-17/h8-13,16,23,30H,5-7,14-15H2,1-4H3. The van der Waals surface area contributed by atoms with Crippen LogP contribution in [0, 0.1) is 0 Å². The number of ketones is 1. The Morgan fingerprint density at radius 3 is 2.32 bits per heavy atom. The van der Waals surface area contributed by atoms with E-state index in [4.69, 9.17) is 21.1 Å². The quantitative estimate of drug-likeness (QED) is 0.315. The molecule has 1 fully saturated rings. The SMILES string of the molecule is CC[NH+](CC)CCCN1C(=O)C(=O)C(=C([O-])c2ccc(Cl)cc2)C1c1cc(OC)ccc1OC. The highest BCUT2D eigenvalue weighted by Gasteiger charge is 2.45. The molecule has 0 saturated carbocycles. The van der Waals surface area contributed by atoms with Crippen molar-refractivity contribution in [3.63, 3.8) is 0 Å². The van der Waals surface area contributed by atoms with Crippen LogP contribution in [0.25, 0.3) is 5.76 Å². The second-order valence-corrected chi connectivity index (χ2v) is 8.58. The van der Waals surface area contributed by atoms with Crippen molar-refractivity contribution in [1.82, 2.24) is 4.90 Å². The van der Waals surface area contributed by atoms with Gasteiger partial charge < -0.3 is 24.4 Å². The molecule has 1 saturated heterocycles. The lowest BCUT2D eigenvalue weighted by molar-refractivity contribution is -0.896. The third-order valence-corrected chi connectivity index (χ3v) is 6.55. The van der Waals surface area contributed by atoms with Crippen molar-refractivity contribution in [3.8, 4) is 11.5 Å². The zero-order valence-corrected chi connectivity index (χ0v) is 20.8. The Balaban J connectivity index is 2.13. The highest BCUT2D eigenvalue weighted by Crippen LogP contribution is 2.43. The zero-order valence-electron chi connectivity index (χ0n) is 20.0. The molecule has 1 aliphatic heterocycles. The maximum atomic E-state index is 13.5. The number of ether oxygens (including phenoxy) is 2. The molecule has 1 amide bonds. The van der Waals surface area contributed by atoms with Crippen LogP contribution in [0.3, 0.4) is 0 Å². The summed E-state index contributed by atoms with van der Waals surface area (Å²) in [5.74, 6) is -0.962. The van der Waals surface area contributed by atoms with Gasteiger partial charge in [0, 0.05) is 29.1 Å². The average Bonchev–Trinajstić information content (AvgIpc) is 3.11. The van der Waals surface area contributed by atoms with Crippen LogP contribution in [-0.2, 0) is 9.59 Å². The van der Waals surface area contributed by atoms with Gasteiger partial charge in [-0.3, -0.25) is 9.59 Å². The van der Waals surface area contributed by atoms with Gasteiger partial charge in [-0.05, 0) is 49.7 Å². The van der Waals surface area contributed by atoms with E-state index in [1.165, 1.54) is 24.0 Å². The van der Waals surface area contributed by atoms with E-state index in [0.29, 0.717) is 40.6 Å². The van der Waals surface area contributed by atoms with Crippen LogP contribution >= 0.6 is 11.6 Å². The number of amides is 1. The normalized spacial score (nSPS) is 17.5. The van der Waals surface area contributed by atoms with Crippen molar-refractivity contribution in [2.75, 3.05) is 40.4 Å². The van der Waals surface area contributed by atoms with E-state index >= 15 is 0 Å². The Hall–Kier alpha value is -3.03. The van der Waals surface area contributed by atoms with Gasteiger partial charge in [-0.15, -0.1) is 0 Å². The van der Waals surface area contributed by atoms with Gasteiger partial charge >= 0.3 is 0 Å². The lowest BCUT2D eigenvalue weighted by atomic mass is 9.94. The van der Waals surface area contributed by atoms with Gasteiger partial charge in [-0.2, -0.15) is 0 Å². The molecule has 1 aliphatic rings. The van der Waals surface area contributed by atoms with Crippen LogP contribution in [-0.4, -0.2) is 57.0 Å². The van der Waals surface area contributed by atoms with Crippen molar-refractivity contribution in [2.45, 2.75) is 26.3 Å². The van der Waals surface area contributed by atoms with E-state index in [9.17, 15) is 14.7 Å². The third kappa shape index (κ3) is 5.21. The summed E-state index contributed by atoms with van der Waals surface area (Å²) in [5.41, 5.74) is 0.740. The van der Waals surface area contributed by atoms with Crippen LogP contribution in [0.5, 0.6) is 11.5 Å². The summed E-state index contributed by atoms with van der Waals surface area (Å²) in [5, 5.41) is 14.0. The molecular formula is C26H31ClN2O5. The number of methoxy groups -OCH3 is 2. The van der Waals surface area contributed by atoms with E-state index in [1.54, 1.807) is 42.5 Å². The molecule has 182 valence electrons. The Bertz CT molecular complexity index is 1060. The minimum atomic E-state index is -0.875. The second-order valence-electron chi connectivity index (χ2n) is 8.15. The van der Waals surface area contributed by atoms with E-state index in [1.807, 2.05) is 0 Å². The number of likely N-dealkylation sites (tertiary alicyclic amines) is 1. The van der Waals surface area contributed by atoms with Gasteiger partial charge in [0.05, 0.1) is 39.9 Å². The second kappa shape index (κ2) is 11.4. The monoisotopic (exact) mass is 486 g/mol. The predicted molar refractivity (Wildman–Crippen MR) is 129 cm³/mol. The minimum absolute atomic E-state index is 0.0888. The van der Waals surface area contributed by atoms with Crippen molar-refractivity contribution in [2.24, 2.45) is 0 Å². The maximum absolute atomic E-state index is 13.5. The molecule has 1 unspecified atom stereocenters. The average molecular weight is 487 g/mol. The van der Waals surface area contributed by atoms with Gasteiger partial charge in [0.2, 0.25) is 5.78 Å². The van der Waals surface area contributed by atoms with E-state index < -0.39 is 23.5 Å². The Labute approximate surface area is 205 Å². The number of benzene rings is 2. The Morgan fingerprint density at radius 1 is 1.06 bits per heavy atom. The molecular weight excluding hydrogens is 456 g/mol. The van der Waals surface area contributed by atoms with Crippen molar-refractivity contribution in [1.29, 1.82) is 0 Å². The molecule has 34 heavy (non-hydrogen) atoms. The van der Waals surface area contributed by atoms with Gasteiger partial charge in [-0.1, -0.05) is 29.5 Å². The van der Waals surface area contributed by atoms with Crippen molar-refractivity contribution >= 4 is 29.1 Å². The summed E-state index contributed by atoms with van der Waals surface area (Å²) in [6.07, 6.45) is 0.696. The first-order valence-corrected chi connectivity index (χ1v) is 11.8. The smallest absolute Gasteiger partial charge is 0.295 e. The molecule has 1 atom stereocenters. The Morgan fingerprint density at radius 2 is 1.74 bits per heavy atom. The topological polar surface area (TPSA) is 83.3 Å². The molecule has 3 rings (SSSR count). The lowest BCUT2D eigenvalue weighted by Gasteiger charge is -2.29. The summed E-state index contributed by atoms with van der Waals surface area (Å²) in [4.78, 5) is 29.2. The summed E-state index contributed by atoms with van der Waals surface area (Å²) in [6.45, 7) is 7.38. The lowest BCUT2D eigenvalue weighted by Crippen LogP contribution is -3.11. The highest BCUT2D eigenvalue weighted by atomic mass is 35.5. The molecule has 0 bridgehead atoms. The third-order valence-electron chi connectivity index (χ3n) is 6.30. The van der Waals surface area contributed by atoms with Crippen LogP contribution in [0.1, 0.15) is 37.4 Å². The first kappa shape index (κ1) is 25.6. The molecule has 2 aromatic rings. The minimum Gasteiger partial charge on any atom is -0.872 e. The predicted octanol–water partition coefficient (Wildman–Crippen LogP) is 1.90. The number of hydrogen-bond acceptors (Lipinski definition) is 5. The van der Waals surface area contributed by atoms with Gasteiger partial charge in [0.15, 0.2) is 0 Å². The molecule has 7 nitrogen and oxygen atoms in total. The fraction of sp³-hybridized carbons (Fsp3) is 0.385. The molecule has 0 aliphatic carbocycles. The summed E-state index contributed by atoms with van der Waals surface area (Å²) in [6, 6.07) is 10.6. The molecule has 1 N–H and O–H groups in total. The van der Waals surface area contributed by atoms with Gasteiger partial charge in [-0.25, -0.2) is 0 Å². The Kier molecular flexibility index (Phi) is 8.58. The van der Waals surface area contributed by atoms with Crippen LogP contribution < -0.4 is 19.5 Å². The van der Waals surface area contributed by atoms with Gasteiger partial charge in [0.1, 0.15) is 11.5 Å². The number of Topliss-reactive ketones (excluding diaryl/α,β-unsaturated/α-hetero) is 1. The number of carbonyl (C=O) groups excluding carboxylic acids is 2. The first-order valence-electron chi connectivity index (χ1n) is 11.4. The molecule has 0 spiro atoms. The maximum Gasteiger partial charge on any atom is 0.295 e. The summed E-state index contributed by atoms with van der Waals surface area (Å²) in [7, 11) is 3.04. The highest BCUT2D eigenvalue weighted by molar-refractivity contribution is 6.46. The number of carbonyl (C=O) groups is 2. The first-order chi connectivity index (χ1) is 16.4. The van der Waals surface area contributed by atoms with Crippen LogP contribution in [0.2, 0.25) is 5.02 Å². The molecule has 0 radical (unpaired) electrons. The summed E-state index contributed by atoms with van der Waals surface area (Å²) < 4.78 is 10.9. The summed E-state index contributed by atoms with van der Waals surface area (Å²) >= 11 is 5.98. The molecule has 1 heterocycles. The van der Waals surface area contributed by atoms with E-state index in [2.05, 4.69) is 13.8 Å². The molecule has 0 aromatic heterocycles. The number of hydrogen-bond donors (Lipinski definition) is 1. The zero-order chi connectivity index (χ0) is 24.8. The van der Waals surface area contributed by atoms with Gasteiger partial charge in [0.25, 0.3) is 5.91 Å². The van der Waals surface area contributed by atoms with Crippen LogP contribution in [0.4, 0.5) is 0 Å². The van der Waals surface area contributed by atoms with Crippen LogP contribution in [0.15, 0.2) is 48.0 Å². The number of quaternary nitrogens is 1. The largest absolute Gasteiger partial charge is 0.872 e. The molecule has 2 aromatic carbocycles. The fourth-order valence-electron chi connectivity index (χ4n) is 4.34. The number of nitrogens with one attached hydrogen (secondary N) is 1. The fourth-order valence-corrected chi connectivity index (χ4v) is 4.46. The number of nitrogens with zero attached hydrogens (tertiary/aromatic N) is 1. The number of rotatable bonds is 10. The van der Waals surface area contributed by atoms with E-state index in [-0.39, 0.29) is 5.57 Å². The molecule has 8 heteroatoms. The van der Waals surface area contributed by atoms with Crippen molar-refractivity contribution < 1.29 is 29.1 Å². The van der Waals surface area contributed by atoms with E-state index in [0.717, 1.165) is 19.6 Å².